The molecule has 0 aliphatic heterocycles. The summed E-state index contributed by atoms with van der Waals surface area (Å²) < 4.78 is 22.6. The Kier molecular flexibility index (Phi) is 3.60. The van der Waals surface area contributed by atoms with Crippen LogP contribution < -0.4 is 5.32 Å². The van der Waals surface area contributed by atoms with Crippen LogP contribution in [0.5, 0.6) is 0 Å². The quantitative estimate of drug-likeness (QED) is 0.830. The molecule has 0 aliphatic rings. The third kappa shape index (κ3) is 2.96. The van der Waals surface area contributed by atoms with Crippen LogP contribution in [0.1, 0.15) is 18.1 Å². The van der Waals surface area contributed by atoms with Gasteiger partial charge in [-0.2, -0.15) is 0 Å². The van der Waals surface area contributed by atoms with E-state index in [2.05, 4.69) is 5.32 Å². The molecule has 0 aromatic heterocycles. The molecule has 6 heteroatoms. The molecule has 0 atom stereocenters. The lowest BCUT2D eigenvalue weighted by Gasteiger charge is -2.10. The van der Waals surface area contributed by atoms with Crippen molar-refractivity contribution in [1.29, 1.82) is 0 Å². The number of anilines is 1. The predicted molar refractivity (Wildman–Crippen MR) is 63.3 cm³/mol. The first-order chi connectivity index (χ1) is 7.21. The molecule has 1 rings (SSSR count). The third-order valence-electron chi connectivity index (χ3n) is 2.02. The molecular formula is C10H12ClNO3S. The Labute approximate surface area is 99.0 Å². The van der Waals surface area contributed by atoms with Crippen molar-refractivity contribution < 1.29 is 13.2 Å². The highest BCUT2D eigenvalue weighted by Gasteiger charge is 2.17. The van der Waals surface area contributed by atoms with Crippen molar-refractivity contribution in [3.05, 3.63) is 23.3 Å². The van der Waals surface area contributed by atoms with Crippen LogP contribution in [0.2, 0.25) is 0 Å². The molecule has 1 aromatic carbocycles. The fourth-order valence-electron chi connectivity index (χ4n) is 1.61. The number of halogens is 1. The zero-order valence-corrected chi connectivity index (χ0v) is 10.7. The minimum atomic E-state index is -3.75. The number of hydrogen-bond acceptors (Lipinski definition) is 3. The van der Waals surface area contributed by atoms with Gasteiger partial charge in [-0.05, 0) is 37.1 Å². The fraction of sp³-hybridized carbons (Fsp3) is 0.300. The molecule has 0 aliphatic carbocycles. The first kappa shape index (κ1) is 13.0. The Bertz CT molecular complexity index is 514. The second-order valence-electron chi connectivity index (χ2n) is 3.56. The van der Waals surface area contributed by atoms with Crippen LogP contribution in [-0.4, -0.2) is 14.3 Å². The summed E-state index contributed by atoms with van der Waals surface area (Å²) in [4.78, 5) is 11.0. The van der Waals surface area contributed by atoms with E-state index in [1.165, 1.54) is 6.92 Å². The highest BCUT2D eigenvalue weighted by atomic mass is 35.7. The van der Waals surface area contributed by atoms with Crippen molar-refractivity contribution in [3.8, 4) is 0 Å². The van der Waals surface area contributed by atoms with E-state index >= 15 is 0 Å². The molecule has 0 bridgehead atoms. The van der Waals surface area contributed by atoms with Gasteiger partial charge in [0, 0.05) is 23.3 Å². The molecule has 0 saturated heterocycles. The van der Waals surface area contributed by atoms with Crippen LogP contribution in [0, 0.1) is 13.8 Å². The van der Waals surface area contributed by atoms with Crippen molar-refractivity contribution in [2.24, 2.45) is 0 Å². The smallest absolute Gasteiger partial charge is 0.261 e. The number of hydrogen-bond donors (Lipinski definition) is 1. The Morgan fingerprint density at radius 3 is 2.00 bits per heavy atom. The van der Waals surface area contributed by atoms with Gasteiger partial charge in [0.25, 0.3) is 9.05 Å². The summed E-state index contributed by atoms with van der Waals surface area (Å²) in [7, 11) is 1.56. The van der Waals surface area contributed by atoms with Crippen LogP contribution in [0.15, 0.2) is 17.0 Å². The zero-order valence-electron chi connectivity index (χ0n) is 9.17. The van der Waals surface area contributed by atoms with Gasteiger partial charge in [0.05, 0.1) is 4.90 Å². The van der Waals surface area contributed by atoms with Crippen molar-refractivity contribution >= 4 is 31.3 Å². The largest absolute Gasteiger partial charge is 0.326 e. The summed E-state index contributed by atoms with van der Waals surface area (Å²) in [6.07, 6.45) is 0. The normalized spacial score (nSPS) is 11.2. The molecule has 0 radical (unpaired) electrons. The minimum Gasteiger partial charge on any atom is -0.326 e. The molecule has 1 aromatic rings. The summed E-state index contributed by atoms with van der Waals surface area (Å²) in [6, 6.07) is 3.15. The summed E-state index contributed by atoms with van der Waals surface area (Å²) in [5.41, 5.74) is 1.59. The lowest BCUT2D eigenvalue weighted by Crippen LogP contribution is -2.07. The van der Waals surface area contributed by atoms with Crippen molar-refractivity contribution in [1.82, 2.24) is 0 Å². The number of nitrogens with one attached hydrogen (secondary N) is 1. The molecule has 0 spiro atoms. The Morgan fingerprint density at radius 1 is 1.25 bits per heavy atom. The van der Waals surface area contributed by atoms with Gasteiger partial charge < -0.3 is 5.32 Å². The Balaban J connectivity index is 3.34. The number of amides is 1. The van der Waals surface area contributed by atoms with Crippen molar-refractivity contribution in [2.75, 3.05) is 5.32 Å². The Morgan fingerprint density at radius 2 is 1.69 bits per heavy atom. The third-order valence-corrected chi connectivity index (χ3v) is 3.62. The number of rotatable bonds is 2. The van der Waals surface area contributed by atoms with E-state index in [1.807, 2.05) is 0 Å². The minimum absolute atomic E-state index is 0.100. The van der Waals surface area contributed by atoms with Gasteiger partial charge in [0.15, 0.2) is 0 Å². The van der Waals surface area contributed by atoms with Gasteiger partial charge in [0.2, 0.25) is 5.91 Å². The summed E-state index contributed by atoms with van der Waals surface area (Å²) in [6.45, 7) is 4.65. The van der Waals surface area contributed by atoms with Gasteiger partial charge in [-0.1, -0.05) is 0 Å². The van der Waals surface area contributed by atoms with Gasteiger partial charge in [-0.25, -0.2) is 8.42 Å². The number of benzene rings is 1. The Hall–Kier alpha value is -1.07. The molecule has 0 saturated carbocycles. The van der Waals surface area contributed by atoms with Gasteiger partial charge >= 0.3 is 0 Å². The van der Waals surface area contributed by atoms with E-state index in [-0.39, 0.29) is 10.8 Å². The summed E-state index contributed by atoms with van der Waals surface area (Å²) in [5.74, 6) is -0.208. The highest BCUT2D eigenvalue weighted by molar-refractivity contribution is 8.13. The van der Waals surface area contributed by atoms with Crippen molar-refractivity contribution in [2.45, 2.75) is 25.7 Å². The highest BCUT2D eigenvalue weighted by Crippen LogP contribution is 2.27. The summed E-state index contributed by atoms with van der Waals surface area (Å²) >= 11 is 0. The van der Waals surface area contributed by atoms with Crippen LogP contribution in [0.25, 0.3) is 0 Å². The SMILES string of the molecule is CC(=O)Nc1cc(C)c(S(=O)(=O)Cl)c(C)c1. The van der Waals surface area contributed by atoms with E-state index in [1.54, 1.807) is 26.0 Å². The lowest BCUT2D eigenvalue weighted by molar-refractivity contribution is -0.114. The lowest BCUT2D eigenvalue weighted by atomic mass is 10.1. The van der Waals surface area contributed by atoms with E-state index < -0.39 is 9.05 Å². The van der Waals surface area contributed by atoms with E-state index in [0.29, 0.717) is 16.8 Å². The number of carbonyl (C=O) groups excluding carboxylic acids is 1. The van der Waals surface area contributed by atoms with E-state index in [9.17, 15) is 13.2 Å². The molecular weight excluding hydrogens is 250 g/mol. The molecule has 0 heterocycles. The van der Waals surface area contributed by atoms with Crippen LogP contribution in [0.3, 0.4) is 0 Å². The average Bonchev–Trinajstić information content (AvgIpc) is 1.96. The van der Waals surface area contributed by atoms with Gasteiger partial charge in [-0.3, -0.25) is 4.79 Å². The molecule has 16 heavy (non-hydrogen) atoms. The maximum Gasteiger partial charge on any atom is 0.261 e. The predicted octanol–water partition coefficient (Wildman–Crippen LogP) is 2.19. The topological polar surface area (TPSA) is 63.2 Å². The fourth-order valence-corrected chi connectivity index (χ4v) is 3.23. The first-order valence-corrected chi connectivity index (χ1v) is 6.86. The average molecular weight is 262 g/mol. The standard InChI is InChI=1S/C10H12ClNO3S/c1-6-4-9(12-8(3)13)5-7(2)10(6)16(11,14)15/h4-5H,1-3H3,(H,12,13). The molecule has 4 nitrogen and oxygen atoms in total. The van der Waals surface area contributed by atoms with Gasteiger partial charge in [-0.15, -0.1) is 0 Å². The monoisotopic (exact) mass is 261 g/mol. The molecule has 1 amide bonds. The number of carbonyl (C=O) groups is 1. The van der Waals surface area contributed by atoms with Crippen molar-refractivity contribution in [3.63, 3.8) is 0 Å². The molecule has 88 valence electrons. The van der Waals surface area contributed by atoms with Crippen LogP contribution in [0.4, 0.5) is 5.69 Å². The van der Waals surface area contributed by atoms with E-state index in [0.717, 1.165) is 0 Å². The maximum atomic E-state index is 11.3. The van der Waals surface area contributed by atoms with Gasteiger partial charge in [0.1, 0.15) is 0 Å². The second kappa shape index (κ2) is 4.43. The summed E-state index contributed by atoms with van der Waals surface area (Å²) in [5, 5.41) is 2.59. The van der Waals surface area contributed by atoms with Crippen LogP contribution >= 0.6 is 10.7 Å². The zero-order chi connectivity index (χ0) is 12.5. The number of aryl methyl sites for hydroxylation is 2. The first-order valence-electron chi connectivity index (χ1n) is 4.55. The van der Waals surface area contributed by atoms with Crippen LogP contribution in [-0.2, 0) is 13.8 Å². The molecule has 1 N–H and O–H groups in total. The molecule has 0 unspecified atom stereocenters. The second-order valence-corrected chi connectivity index (χ2v) is 6.06. The van der Waals surface area contributed by atoms with E-state index in [4.69, 9.17) is 10.7 Å². The molecule has 0 fully saturated rings. The maximum absolute atomic E-state index is 11.3.